The van der Waals surface area contributed by atoms with Crippen LogP contribution in [0.2, 0.25) is 10.0 Å². The van der Waals surface area contributed by atoms with E-state index < -0.39 is 5.91 Å². The fourth-order valence-electron chi connectivity index (χ4n) is 2.24. The van der Waals surface area contributed by atoms with Crippen LogP contribution >= 0.6 is 68.4 Å². The first kappa shape index (κ1) is 20.5. The number of benzene rings is 3. The third-order valence-corrected chi connectivity index (χ3v) is 5.80. The van der Waals surface area contributed by atoms with Gasteiger partial charge in [-0.15, -0.1) is 0 Å². The van der Waals surface area contributed by atoms with Crippen molar-refractivity contribution in [1.29, 1.82) is 0 Å². The number of halogens is 4. The molecule has 1 amide bonds. The highest BCUT2D eigenvalue weighted by molar-refractivity contribution is 14.1. The van der Waals surface area contributed by atoms with Gasteiger partial charge in [-0.1, -0.05) is 29.3 Å². The van der Waals surface area contributed by atoms with E-state index in [1.54, 1.807) is 54.6 Å². The van der Waals surface area contributed by atoms with Crippen molar-refractivity contribution in [3.63, 3.8) is 0 Å². The normalized spacial score (nSPS) is 10.5. The number of carbonyl (C=O) groups is 1. The molecule has 0 aliphatic heterocycles. The summed E-state index contributed by atoms with van der Waals surface area (Å²) in [5.74, 6) is 0.448. The highest BCUT2D eigenvalue weighted by atomic mass is 127. The van der Waals surface area contributed by atoms with Crippen LogP contribution in [0.1, 0.15) is 10.4 Å². The quantitative estimate of drug-likeness (QED) is 0.309. The molecule has 2 N–H and O–H groups in total. The highest BCUT2D eigenvalue weighted by Gasteiger charge is 2.21. The lowest BCUT2D eigenvalue weighted by molar-refractivity contribution is 0.102. The summed E-state index contributed by atoms with van der Waals surface area (Å²) < 4.78 is 6.98. The topological polar surface area (TPSA) is 58.6 Å². The van der Waals surface area contributed by atoms with E-state index in [0.717, 1.165) is 0 Å². The second-order valence-corrected chi connectivity index (χ2v) is 8.53. The number of ether oxygens (including phenoxy) is 1. The first-order valence-electron chi connectivity index (χ1n) is 7.56. The van der Waals surface area contributed by atoms with Gasteiger partial charge in [-0.25, -0.2) is 0 Å². The summed E-state index contributed by atoms with van der Waals surface area (Å²) in [6, 6.07) is 15.2. The van der Waals surface area contributed by atoms with Crippen LogP contribution < -0.4 is 10.1 Å². The van der Waals surface area contributed by atoms with Gasteiger partial charge in [0.1, 0.15) is 11.5 Å². The van der Waals surface area contributed by atoms with E-state index in [9.17, 15) is 9.90 Å². The highest BCUT2D eigenvalue weighted by Crippen LogP contribution is 2.39. The number of aromatic hydroxyl groups is 1. The predicted molar refractivity (Wildman–Crippen MR) is 124 cm³/mol. The van der Waals surface area contributed by atoms with Crippen molar-refractivity contribution in [2.75, 3.05) is 5.32 Å². The zero-order valence-corrected chi connectivity index (χ0v) is 19.3. The number of nitrogens with one attached hydrogen (secondary N) is 1. The Balaban J connectivity index is 1.89. The lowest BCUT2D eigenvalue weighted by Gasteiger charge is -2.14. The Kier molecular flexibility index (Phi) is 6.72. The number of amides is 1. The molecule has 0 radical (unpaired) electrons. The molecule has 0 spiro atoms. The minimum Gasteiger partial charge on any atom is -0.506 e. The summed E-state index contributed by atoms with van der Waals surface area (Å²) in [5.41, 5.74) is 0.686. The molecule has 0 atom stereocenters. The molecule has 8 heteroatoms. The van der Waals surface area contributed by atoms with E-state index in [1.807, 2.05) is 22.6 Å². The van der Waals surface area contributed by atoms with Crippen molar-refractivity contribution < 1.29 is 14.6 Å². The van der Waals surface area contributed by atoms with Crippen LogP contribution in [0.4, 0.5) is 5.69 Å². The Morgan fingerprint density at radius 2 is 1.70 bits per heavy atom. The number of hydrogen-bond acceptors (Lipinski definition) is 3. The predicted octanol–water partition coefficient (Wildman–Crippen LogP) is 6.95. The average molecular weight is 626 g/mol. The lowest BCUT2D eigenvalue weighted by atomic mass is 10.1. The summed E-state index contributed by atoms with van der Waals surface area (Å²) >= 11 is 15.8. The molecule has 0 fully saturated rings. The Morgan fingerprint density at radius 1 is 1.00 bits per heavy atom. The Morgan fingerprint density at radius 3 is 2.37 bits per heavy atom. The molecule has 0 aliphatic rings. The Hall–Kier alpha value is -1.23. The van der Waals surface area contributed by atoms with Crippen LogP contribution in [0.15, 0.2) is 54.6 Å². The molecule has 0 heterocycles. The minimum absolute atomic E-state index is 0.146. The Bertz CT molecular complexity index is 1010. The minimum atomic E-state index is -0.441. The number of hydrogen-bond donors (Lipinski definition) is 2. The summed E-state index contributed by atoms with van der Waals surface area (Å²) in [6.45, 7) is 0. The van der Waals surface area contributed by atoms with Gasteiger partial charge in [0.15, 0.2) is 5.75 Å². The monoisotopic (exact) mass is 625 g/mol. The van der Waals surface area contributed by atoms with Crippen LogP contribution in [0.25, 0.3) is 0 Å². The van der Waals surface area contributed by atoms with E-state index in [-0.39, 0.29) is 11.3 Å². The van der Waals surface area contributed by atoms with Crippen LogP contribution in [0.5, 0.6) is 17.2 Å². The van der Waals surface area contributed by atoms with Gasteiger partial charge in [0.25, 0.3) is 5.91 Å². The van der Waals surface area contributed by atoms with Crippen molar-refractivity contribution in [1.82, 2.24) is 0 Å². The second-order valence-electron chi connectivity index (χ2n) is 5.42. The van der Waals surface area contributed by atoms with Gasteiger partial charge in [-0.3, -0.25) is 4.79 Å². The van der Waals surface area contributed by atoms with Gasteiger partial charge in [0.2, 0.25) is 0 Å². The first-order chi connectivity index (χ1) is 12.8. The number of rotatable bonds is 4. The van der Waals surface area contributed by atoms with Gasteiger partial charge in [0, 0.05) is 15.7 Å². The van der Waals surface area contributed by atoms with Crippen LogP contribution in [-0.4, -0.2) is 11.0 Å². The third kappa shape index (κ3) is 4.98. The van der Waals surface area contributed by atoms with Crippen molar-refractivity contribution in [3.8, 4) is 17.2 Å². The number of phenolic OH excluding ortho intramolecular Hbond substituents is 1. The van der Waals surface area contributed by atoms with Gasteiger partial charge in [0.05, 0.1) is 12.7 Å². The van der Waals surface area contributed by atoms with Gasteiger partial charge < -0.3 is 15.2 Å². The molecule has 0 aromatic heterocycles. The number of anilines is 1. The standard InChI is InChI=1S/C19H11Cl2I2NO3/c20-10-4-6-13(7-5-10)27-18-15(22)9-14(17(25)16(18)23)19(26)24-12-3-1-2-11(21)8-12/h1-9,25H,(H,24,26). The summed E-state index contributed by atoms with van der Waals surface area (Å²) in [6.07, 6.45) is 0. The number of phenols is 1. The Labute approximate surface area is 193 Å². The molecule has 3 aromatic rings. The largest absolute Gasteiger partial charge is 0.506 e. The molecule has 27 heavy (non-hydrogen) atoms. The van der Waals surface area contributed by atoms with Gasteiger partial charge in [-0.05, 0) is 93.7 Å². The summed E-state index contributed by atoms with van der Waals surface area (Å²) in [7, 11) is 0. The molecule has 3 aromatic carbocycles. The second kappa shape index (κ2) is 8.85. The molecule has 0 saturated heterocycles. The zero-order valence-electron chi connectivity index (χ0n) is 13.5. The first-order valence-corrected chi connectivity index (χ1v) is 10.5. The molecular weight excluding hydrogens is 615 g/mol. The van der Waals surface area contributed by atoms with Crippen molar-refractivity contribution in [2.45, 2.75) is 0 Å². The molecule has 0 aliphatic carbocycles. The van der Waals surface area contributed by atoms with E-state index in [2.05, 4.69) is 27.9 Å². The molecule has 0 unspecified atom stereocenters. The van der Waals surface area contributed by atoms with Gasteiger partial charge in [-0.2, -0.15) is 0 Å². The van der Waals surface area contributed by atoms with E-state index in [1.165, 1.54) is 0 Å². The molecule has 0 saturated carbocycles. The maximum atomic E-state index is 12.6. The third-order valence-electron chi connectivity index (χ3n) is 3.51. The molecular formula is C19H11Cl2I2NO3. The van der Waals surface area contributed by atoms with Crippen LogP contribution in [-0.2, 0) is 0 Å². The van der Waals surface area contributed by atoms with Crippen molar-refractivity contribution in [2.24, 2.45) is 0 Å². The van der Waals surface area contributed by atoms with Crippen molar-refractivity contribution in [3.05, 3.63) is 77.3 Å². The molecule has 0 bridgehead atoms. The van der Waals surface area contributed by atoms with E-state index >= 15 is 0 Å². The molecule has 138 valence electrons. The fourth-order valence-corrected chi connectivity index (χ4v) is 4.46. The van der Waals surface area contributed by atoms with Crippen molar-refractivity contribution >= 4 is 80.0 Å². The summed E-state index contributed by atoms with van der Waals surface area (Å²) in [4.78, 5) is 12.6. The van der Waals surface area contributed by atoms with Crippen LogP contribution in [0.3, 0.4) is 0 Å². The zero-order chi connectivity index (χ0) is 19.6. The lowest BCUT2D eigenvalue weighted by Crippen LogP contribution is -2.13. The maximum Gasteiger partial charge on any atom is 0.259 e. The summed E-state index contributed by atoms with van der Waals surface area (Å²) in [5, 5.41) is 14.4. The maximum absolute atomic E-state index is 12.6. The molecule has 4 nitrogen and oxygen atoms in total. The van der Waals surface area contributed by atoms with Crippen LogP contribution in [0, 0.1) is 7.14 Å². The SMILES string of the molecule is O=C(Nc1cccc(Cl)c1)c1cc(I)c(Oc2ccc(Cl)cc2)c(I)c1O. The van der Waals surface area contributed by atoms with E-state index in [0.29, 0.717) is 34.4 Å². The smallest absolute Gasteiger partial charge is 0.259 e. The fraction of sp³-hybridized carbons (Fsp3) is 0. The van der Waals surface area contributed by atoms with Gasteiger partial charge >= 0.3 is 0 Å². The molecule has 3 rings (SSSR count). The van der Waals surface area contributed by atoms with E-state index in [4.69, 9.17) is 27.9 Å². The number of carbonyl (C=O) groups excluding carboxylic acids is 1. The average Bonchev–Trinajstić information content (AvgIpc) is 2.63.